The van der Waals surface area contributed by atoms with Gasteiger partial charge >= 0.3 is 6.03 Å². The molecule has 0 spiro atoms. The Bertz CT molecular complexity index is 826. The molecule has 0 radical (unpaired) electrons. The summed E-state index contributed by atoms with van der Waals surface area (Å²) in [6.07, 6.45) is 3.83. The third-order valence-corrected chi connectivity index (χ3v) is 5.22. The predicted octanol–water partition coefficient (Wildman–Crippen LogP) is 1.30. The molecule has 2 aromatic rings. The number of carbonyl (C=O) groups excluding carboxylic acids is 2. The zero-order valence-corrected chi connectivity index (χ0v) is 14.9. The van der Waals surface area contributed by atoms with E-state index in [1.54, 1.807) is 6.92 Å². The zero-order valence-electron chi connectivity index (χ0n) is 14.9. The summed E-state index contributed by atoms with van der Waals surface area (Å²) >= 11 is 0. The van der Waals surface area contributed by atoms with Crippen LogP contribution in [0, 0.1) is 0 Å². The first kappa shape index (κ1) is 16.8. The van der Waals surface area contributed by atoms with Gasteiger partial charge in [-0.25, -0.2) is 4.79 Å². The molecule has 1 aromatic carbocycles. The molecule has 0 saturated carbocycles. The van der Waals surface area contributed by atoms with Crippen molar-refractivity contribution in [3.05, 3.63) is 36.7 Å². The maximum absolute atomic E-state index is 12.0. The lowest BCUT2D eigenvalue weighted by Gasteiger charge is -2.36. The number of imide groups is 1. The lowest BCUT2D eigenvalue weighted by molar-refractivity contribution is -0.127. The Morgan fingerprint density at radius 2 is 1.85 bits per heavy atom. The van der Waals surface area contributed by atoms with Gasteiger partial charge in [0.15, 0.2) is 0 Å². The molecular weight excluding hydrogens is 330 g/mol. The van der Waals surface area contributed by atoms with Crippen LogP contribution in [-0.4, -0.2) is 72.0 Å². The minimum atomic E-state index is -0.404. The third kappa shape index (κ3) is 3.10. The largest absolute Gasteiger partial charge is 0.367 e. The van der Waals surface area contributed by atoms with Gasteiger partial charge in [0.2, 0.25) is 0 Å². The van der Waals surface area contributed by atoms with Crippen LogP contribution in [0.3, 0.4) is 0 Å². The maximum atomic E-state index is 12.0. The lowest BCUT2D eigenvalue weighted by Crippen LogP contribution is -2.49. The molecular formula is C19H23N5O2. The van der Waals surface area contributed by atoms with Gasteiger partial charge in [-0.1, -0.05) is 24.3 Å². The summed E-state index contributed by atoms with van der Waals surface area (Å²) in [7, 11) is 0. The van der Waals surface area contributed by atoms with Crippen molar-refractivity contribution in [2.75, 3.05) is 44.2 Å². The van der Waals surface area contributed by atoms with Crippen molar-refractivity contribution in [1.82, 2.24) is 20.1 Å². The highest BCUT2D eigenvalue weighted by molar-refractivity contribution is 6.03. The van der Waals surface area contributed by atoms with Gasteiger partial charge in [0.05, 0.1) is 11.9 Å². The molecule has 7 nitrogen and oxygen atoms in total. The Balaban J connectivity index is 1.36. The fourth-order valence-electron chi connectivity index (χ4n) is 3.68. The Morgan fingerprint density at radius 1 is 1.08 bits per heavy atom. The van der Waals surface area contributed by atoms with Crippen molar-refractivity contribution >= 4 is 28.4 Å². The van der Waals surface area contributed by atoms with Gasteiger partial charge in [-0.3, -0.25) is 19.6 Å². The van der Waals surface area contributed by atoms with E-state index in [0.29, 0.717) is 13.1 Å². The van der Waals surface area contributed by atoms with Crippen LogP contribution in [-0.2, 0) is 4.79 Å². The molecule has 26 heavy (non-hydrogen) atoms. The van der Waals surface area contributed by atoms with Gasteiger partial charge in [0, 0.05) is 56.2 Å². The second kappa shape index (κ2) is 6.92. The molecule has 3 heterocycles. The number of nitrogens with zero attached hydrogens (tertiary/aromatic N) is 4. The number of carbonyl (C=O) groups is 2. The fourth-order valence-corrected chi connectivity index (χ4v) is 3.68. The molecule has 0 bridgehead atoms. The SMILES string of the molecule is CC1NC(=O)N(CCN2CCN(c3cncc4ccccc34)CC2)C1=O. The van der Waals surface area contributed by atoms with Gasteiger partial charge < -0.3 is 10.2 Å². The number of piperazine rings is 1. The fraction of sp³-hybridized carbons (Fsp3) is 0.421. The summed E-state index contributed by atoms with van der Waals surface area (Å²) in [5.74, 6) is -0.129. The number of fused-ring (bicyclic) bond motifs is 1. The number of aromatic nitrogens is 1. The molecule has 1 atom stereocenters. The summed E-state index contributed by atoms with van der Waals surface area (Å²) < 4.78 is 0. The van der Waals surface area contributed by atoms with Crippen LogP contribution in [0.1, 0.15) is 6.92 Å². The van der Waals surface area contributed by atoms with Crippen molar-refractivity contribution in [3.8, 4) is 0 Å². The number of hydrogen-bond donors (Lipinski definition) is 1. The van der Waals surface area contributed by atoms with E-state index in [-0.39, 0.29) is 11.9 Å². The summed E-state index contributed by atoms with van der Waals surface area (Å²) in [5, 5.41) is 5.03. The molecule has 1 unspecified atom stereocenters. The van der Waals surface area contributed by atoms with Crippen LogP contribution in [0.4, 0.5) is 10.5 Å². The molecule has 3 amide bonds. The van der Waals surface area contributed by atoms with E-state index in [4.69, 9.17) is 0 Å². The Hall–Kier alpha value is -2.67. The predicted molar refractivity (Wildman–Crippen MR) is 100 cm³/mol. The summed E-state index contributed by atoms with van der Waals surface area (Å²) in [6, 6.07) is 7.63. The van der Waals surface area contributed by atoms with Crippen molar-refractivity contribution in [2.24, 2.45) is 0 Å². The molecule has 4 rings (SSSR count). The van der Waals surface area contributed by atoms with Gasteiger partial charge in [0.1, 0.15) is 6.04 Å². The Labute approximate surface area is 152 Å². The summed E-state index contributed by atoms with van der Waals surface area (Å²) in [5.41, 5.74) is 1.17. The van der Waals surface area contributed by atoms with E-state index in [9.17, 15) is 9.59 Å². The van der Waals surface area contributed by atoms with Crippen molar-refractivity contribution in [1.29, 1.82) is 0 Å². The highest BCUT2D eigenvalue weighted by Gasteiger charge is 2.34. The van der Waals surface area contributed by atoms with E-state index in [2.05, 4.69) is 38.3 Å². The number of urea groups is 1. The average Bonchev–Trinajstić information content (AvgIpc) is 2.92. The molecule has 7 heteroatoms. The third-order valence-electron chi connectivity index (χ3n) is 5.22. The van der Waals surface area contributed by atoms with E-state index in [1.807, 2.05) is 18.5 Å². The number of amides is 3. The Kier molecular flexibility index (Phi) is 4.46. The standard InChI is InChI=1S/C19H23N5O2/c1-14-18(25)24(19(26)21-14)11-8-22-6-9-23(10-7-22)17-13-20-12-15-4-2-3-5-16(15)17/h2-5,12-14H,6-11H2,1H3,(H,21,26). The Morgan fingerprint density at radius 3 is 2.58 bits per heavy atom. The smallest absolute Gasteiger partial charge is 0.324 e. The number of benzene rings is 1. The maximum Gasteiger partial charge on any atom is 0.324 e. The molecule has 1 N–H and O–H groups in total. The first-order chi connectivity index (χ1) is 12.6. The molecule has 1 aromatic heterocycles. The van der Waals surface area contributed by atoms with Gasteiger partial charge in [-0.05, 0) is 6.92 Å². The lowest BCUT2D eigenvalue weighted by atomic mass is 10.1. The number of pyridine rings is 1. The monoisotopic (exact) mass is 353 g/mol. The first-order valence-electron chi connectivity index (χ1n) is 9.05. The minimum absolute atomic E-state index is 0.129. The average molecular weight is 353 g/mol. The number of anilines is 1. The van der Waals surface area contributed by atoms with Gasteiger partial charge in [-0.15, -0.1) is 0 Å². The van der Waals surface area contributed by atoms with Crippen LogP contribution in [0.25, 0.3) is 10.8 Å². The minimum Gasteiger partial charge on any atom is -0.367 e. The molecule has 2 saturated heterocycles. The van der Waals surface area contributed by atoms with Gasteiger partial charge in [0.25, 0.3) is 5.91 Å². The molecule has 2 aliphatic rings. The number of nitrogens with one attached hydrogen (secondary N) is 1. The van der Waals surface area contributed by atoms with Crippen molar-refractivity contribution < 1.29 is 9.59 Å². The highest BCUT2D eigenvalue weighted by Crippen LogP contribution is 2.26. The van der Waals surface area contributed by atoms with Crippen LogP contribution in [0.2, 0.25) is 0 Å². The van der Waals surface area contributed by atoms with E-state index in [1.165, 1.54) is 16.0 Å². The second-order valence-corrected chi connectivity index (χ2v) is 6.87. The zero-order chi connectivity index (χ0) is 18.1. The first-order valence-corrected chi connectivity index (χ1v) is 9.05. The van der Waals surface area contributed by atoms with Crippen molar-refractivity contribution in [3.63, 3.8) is 0 Å². The molecule has 0 aliphatic carbocycles. The summed E-state index contributed by atoms with van der Waals surface area (Å²) in [6.45, 7) is 6.51. The van der Waals surface area contributed by atoms with Crippen molar-refractivity contribution in [2.45, 2.75) is 13.0 Å². The van der Waals surface area contributed by atoms with E-state index >= 15 is 0 Å². The van der Waals surface area contributed by atoms with Crippen LogP contribution >= 0.6 is 0 Å². The highest BCUT2D eigenvalue weighted by atomic mass is 16.2. The van der Waals surface area contributed by atoms with Crippen LogP contribution in [0.15, 0.2) is 36.7 Å². The normalized spacial score (nSPS) is 21.5. The quantitative estimate of drug-likeness (QED) is 0.839. The second-order valence-electron chi connectivity index (χ2n) is 6.87. The molecule has 136 valence electrons. The number of rotatable bonds is 4. The molecule has 2 aliphatic heterocycles. The summed E-state index contributed by atoms with van der Waals surface area (Å²) in [4.78, 5) is 34.1. The molecule has 2 fully saturated rings. The van der Waals surface area contributed by atoms with E-state index < -0.39 is 6.04 Å². The number of hydrogen-bond acceptors (Lipinski definition) is 5. The van der Waals surface area contributed by atoms with Gasteiger partial charge in [-0.2, -0.15) is 0 Å². The van der Waals surface area contributed by atoms with Crippen LogP contribution in [0.5, 0.6) is 0 Å². The van der Waals surface area contributed by atoms with Crippen LogP contribution < -0.4 is 10.2 Å². The van der Waals surface area contributed by atoms with E-state index in [0.717, 1.165) is 31.6 Å². The topological polar surface area (TPSA) is 68.8 Å².